The molecule has 2 atom stereocenters. The van der Waals surface area contributed by atoms with E-state index >= 15 is 0 Å². The monoisotopic (exact) mass is 299 g/mol. The summed E-state index contributed by atoms with van der Waals surface area (Å²) in [6.45, 7) is 6.52. The molecule has 4 heteroatoms. The number of ether oxygens (including phenoxy) is 1. The van der Waals surface area contributed by atoms with Crippen molar-refractivity contribution < 1.29 is 9.84 Å². The van der Waals surface area contributed by atoms with Crippen molar-refractivity contribution in [2.75, 3.05) is 6.61 Å². The Balaban J connectivity index is 2.31. The van der Waals surface area contributed by atoms with Crippen LogP contribution in [0.3, 0.4) is 0 Å². The minimum absolute atomic E-state index is 0.113. The molecule has 2 rings (SSSR count). The lowest BCUT2D eigenvalue weighted by Gasteiger charge is -2.46. The minimum atomic E-state index is -1.26. The number of hydrogen-bond acceptors (Lipinski definition) is 3. The Morgan fingerprint density at radius 2 is 2.18 bits per heavy atom. The Kier molecular flexibility index (Phi) is 3.34. The van der Waals surface area contributed by atoms with Gasteiger partial charge in [0.15, 0.2) is 0 Å². The van der Waals surface area contributed by atoms with E-state index in [1.165, 1.54) is 0 Å². The molecule has 0 aliphatic carbocycles. The van der Waals surface area contributed by atoms with Crippen LogP contribution < -0.4 is 5.32 Å². The van der Waals surface area contributed by atoms with E-state index < -0.39 is 5.79 Å². The number of halogens is 1. The van der Waals surface area contributed by atoms with Gasteiger partial charge in [-0.2, -0.15) is 0 Å². The number of benzene rings is 1. The van der Waals surface area contributed by atoms with E-state index in [0.717, 1.165) is 10.0 Å². The fourth-order valence-electron chi connectivity index (χ4n) is 2.19. The summed E-state index contributed by atoms with van der Waals surface area (Å²) in [5, 5.41) is 14.0. The molecule has 1 heterocycles. The van der Waals surface area contributed by atoms with Gasteiger partial charge >= 0.3 is 0 Å². The zero-order chi connectivity index (χ0) is 12.7. The van der Waals surface area contributed by atoms with E-state index in [0.29, 0.717) is 6.61 Å². The number of hydrogen-bond donors (Lipinski definition) is 2. The Bertz CT molecular complexity index is 422. The van der Waals surface area contributed by atoms with Gasteiger partial charge in [0.2, 0.25) is 5.79 Å². The maximum atomic E-state index is 10.7. The number of rotatable bonds is 1. The molecule has 0 amide bonds. The lowest BCUT2D eigenvalue weighted by atomic mass is 9.93. The first-order valence-electron chi connectivity index (χ1n) is 5.74. The van der Waals surface area contributed by atoms with Crippen LogP contribution in [0.15, 0.2) is 28.7 Å². The molecule has 2 unspecified atom stereocenters. The van der Waals surface area contributed by atoms with Crippen molar-refractivity contribution >= 4 is 15.9 Å². The van der Waals surface area contributed by atoms with Gasteiger partial charge in [-0.3, -0.25) is 0 Å². The second kappa shape index (κ2) is 4.35. The highest BCUT2D eigenvalue weighted by atomic mass is 79.9. The molecule has 94 valence electrons. The van der Waals surface area contributed by atoms with Gasteiger partial charge in [0.1, 0.15) is 0 Å². The molecule has 1 aliphatic heterocycles. The maximum absolute atomic E-state index is 10.7. The fourth-order valence-corrected chi connectivity index (χ4v) is 2.58. The van der Waals surface area contributed by atoms with Gasteiger partial charge in [0, 0.05) is 15.6 Å². The predicted octanol–water partition coefficient (Wildman–Crippen LogP) is 2.38. The summed E-state index contributed by atoms with van der Waals surface area (Å²) in [6, 6.07) is 7.42. The number of aliphatic hydroxyl groups is 1. The summed E-state index contributed by atoms with van der Waals surface area (Å²) in [4.78, 5) is 0. The average Bonchev–Trinajstić information content (AvgIpc) is 2.24. The van der Waals surface area contributed by atoms with Crippen molar-refractivity contribution in [3.63, 3.8) is 0 Å². The molecule has 3 nitrogen and oxygen atoms in total. The normalized spacial score (nSPS) is 32.4. The van der Waals surface area contributed by atoms with Crippen LogP contribution in [-0.2, 0) is 10.5 Å². The van der Waals surface area contributed by atoms with Crippen LogP contribution in [0.25, 0.3) is 0 Å². The van der Waals surface area contributed by atoms with E-state index in [9.17, 15) is 5.11 Å². The quantitative estimate of drug-likeness (QED) is 0.837. The predicted molar refractivity (Wildman–Crippen MR) is 70.7 cm³/mol. The zero-order valence-electron chi connectivity index (χ0n) is 10.3. The van der Waals surface area contributed by atoms with Gasteiger partial charge in [-0.15, -0.1) is 0 Å². The van der Waals surface area contributed by atoms with Gasteiger partial charge < -0.3 is 15.2 Å². The largest absolute Gasteiger partial charge is 0.361 e. The van der Waals surface area contributed by atoms with Crippen LogP contribution in [-0.4, -0.2) is 23.3 Å². The topological polar surface area (TPSA) is 41.5 Å². The van der Waals surface area contributed by atoms with Crippen LogP contribution >= 0.6 is 15.9 Å². The molecule has 0 bridgehead atoms. The van der Waals surface area contributed by atoms with Gasteiger partial charge in [0.25, 0.3) is 0 Å². The number of morpholine rings is 1. The first-order valence-corrected chi connectivity index (χ1v) is 6.53. The molecule has 1 saturated heterocycles. The van der Waals surface area contributed by atoms with Crippen molar-refractivity contribution in [1.29, 1.82) is 0 Å². The fraction of sp³-hybridized carbons (Fsp3) is 0.538. The molecule has 1 aromatic rings. The average molecular weight is 300 g/mol. The summed E-state index contributed by atoms with van der Waals surface area (Å²) in [5.74, 6) is -1.26. The third-order valence-corrected chi connectivity index (χ3v) is 3.58. The highest BCUT2D eigenvalue weighted by Crippen LogP contribution is 2.33. The van der Waals surface area contributed by atoms with E-state index in [4.69, 9.17) is 4.74 Å². The molecule has 2 N–H and O–H groups in total. The lowest BCUT2D eigenvalue weighted by molar-refractivity contribution is -0.263. The van der Waals surface area contributed by atoms with Crippen LogP contribution in [0, 0.1) is 0 Å². The third-order valence-electron chi connectivity index (χ3n) is 3.09. The van der Waals surface area contributed by atoms with Crippen LogP contribution in [0.4, 0.5) is 0 Å². The molecule has 1 fully saturated rings. The highest BCUT2D eigenvalue weighted by molar-refractivity contribution is 9.10. The molecule has 0 saturated carbocycles. The van der Waals surface area contributed by atoms with Gasteiger partial charge in [-0.05, 0) is 32.9 Å². The van der Waals surface area contributed by atoms with Crippen LogP contribution in [0.5, 0.6) is 0 Å². The van der Waals surface area contributed by atoms with Gasteiger partial charge in [-0.1, -0.05) is 28.1 Å². The summed E-state index contributed by atoms with van der Waals surface area (Å²) in [7, 11) is 0. The van der Waals surface area contributed by atoms with E-state index in [1.807, 2.05) is 31.2 Å². The zero-order valence-corrected chi connectivity index (χ0v) is 11.9. The SMILES string of the molecule is CC1NC(C)(C)COC1(O)c1cccc(Br)c1. The molecular formula is C13H18BrNO2. The van der Waals surface area contributed by atoms with Crippen LogP contribution in [0.2, 0.25) is 0 Å². The third kappa shape index (κ3) is 2.55. The van der Waals surface area contributed by atoms with Crippen molar-refractivity contribution in [3.8, 4) is 0 Å². The second-order valence-electron chi connectivity index (χ2n) is 5.25. The first kappa shape index (κ1) is 13.0. The lowest BCUT2D eigenvalue weighted by Crippen LogP contribution is -2.63. The van der Waals surface area contributed by atoms with Crippen molar-refractivity contribution in [1.82, 2.24) is 5.32 Å². The van der Waals surface area contributed by atoms with Crippen molar-refractivity contribution in [2.45, 2.75) is 38.1 Å². The molecule has 0 spiro atoms. The van der Waals surface area contributed by atoms with Crippen molar-refractivity contribution in [3.05, 3.63) is 34.3 Å². The summed E-state index contributed by atoms with van der Waals surface area (Å²) < 4.78 is 6.64. The Morgan fingerprint density at radius 3 is 2.76 bits per heavy atom. The highest BCUT2D eigenvalue weighted by Gasteiger charge is 2.44. The number of nitrogens with one attached hydrogen (secondary N) is 1. The standard InChI is InChI=1S/C13H18BrNO2/c1-9-13(16,17-8-12(2,3)15-9)10-5-4-6-11(14)7-10/h4-7,9,15-16H,8H2,1-3H3. The summed E-state index contributed by atoms with van der Waals surface area (Å²) in [5.41, 5.74) is 0.653. The molecule has 1 aliphatic rings. The molecule has 0 radical (unpaired) electrons. The maximum Gasteiger partial charge on any atom is 0.208 e. The molecule has 1 aromatic carbocycles. The van der Waals surface area contributed by atoms with Crippen molar-refractivity contribution in [2.24, 2.45) is 0 Å². The first-order chi connectivity index (χ1) is 7.83. The van der Waals surface area contributed by atoms with Gasteiger partial charge in [0.05, 0.1) is 12.6 Å². The second-order valence-corrected chi connectivity index (χ2v) is 6.16. The van der Waals surface area contributed by atoms with Crippen LogP contribution in [0.1, 0.15) is 26.3 Å². The minimum Gasteiger partial charge on any atom is -0.361 e. The Labute approximate surface area is 110 Å². The smallest absolute Gasteiger partial charge is 0.208 e. The van der Waals surface area contributed by atoms with E-state index in [1.54, 1.807) is 0 Å². The molecular weight excluding hydrogens is 282 g/mol. The summed E-state index contributed by atoms with van der Waals surface area (Å²) >= 11 is 3.41. The van der Waals surface area contributed by atoms with Gasteiger partial charge in [-0.25, -0.2) is 0 Å². The summed E-state index contributed by atoms with van der Waals surface area (Å²) in [6.07, 6.45) is 0. The van der Waals surface area contributed by atoms with E-state index in [-0.39, 0.29) is 11.6 Å². The molecule has 0 aromatic heterocycles. The van der Waals surface area contributed by atoms with E-state index in [2.05, 4.69) is 35.1 Å². The Hall–Kier alpha value is -0.420. The Morgan fingerprint density at radius 1 is 1.47 bits per heavy atom. The molecule has 17 heavy (non-hydrogen) atoms.